The summed E-state index contributed by atoms with van der Waals surface area (Å²) in [6, 6.07) is 0. The van der Waals surface area contributed by atoms with Gasteiger partial charge in [-0.15, -0.1) is 0 Å². The Morgan fingerprint density at radius 2 is 2.15 bits per heavy atom. The molecule has 2 heterocycles. The van der Waals surface area contributed by atoms with Crippen LogP contribution < -0.4 is 11.3 Å². The first-order chi connectivity index (χ1) is 6.09. The van der Waals surface area contributed by atoms with E-state index in [1.807, 2.05) is 0 Å². The number of aromatic nitrogens is 3. The van der Waals surface area contributed by atoms with Crippen molar-refractivity contribution in [2.45, 2.75) is 6.92 Å². The molecular formula is C7H7N3O3. The summed E-state index contributed by atoms with van der Waals surface area (Å²) in [4.78, 5) is 28.6. The van der Waals surface area contributed by atoms with Crippen LogP contribution in [0.25, 0.3) is 11.2 Å². The smallest absolute Gasteiger partial charge is 0.400 e. The van der Waals surface area contributed by atoms with Gasteiger partial charge in [-0.1, -0.05) is 0 Å². The van der Waals surface area contributed by atoms with E-state index in [1.165, 1.54) is 11.6 Å². The molecule has 0 saturated carbocycles. The third kappa shape index (κ3) is 0.986. The predicted molar refractivity (Wildman–Crippen MR) is 44.6 cm³/mol. The molecule has 0 aliphatic carbocycles. The van der Waals surface area contributed by atoms with Crippen LogP contribution in [0.2, 0.25) is 0 Å². The van der Waals surface area contributed by atoms with Crippen molar-refractivity contribution >= 4 is 11.2 Å². The maximum atomic E-state index is 11.2. The highest BCUT2D eigenvalue weighted by Crippen LogP contribution is 2.01. The average Bonchev–Trinajstić information content (AvgIpc) is 2.32. The summed E-state index contributed by atoms with van der Waals surface area (Å²) in [5, 5.41) is 0. The summed E-state index contributed by atoms with van der Waals surface area (Å²) in [5.74, 6) is -0.132. The molecule has 0 spiro atoms. The summed E-state index contributed by atoms with van der Waals surface area (Å²) < 4.78 is 5.88. The van der Waals surface area contributed by atoms with Gasteiger partial charge in [0.25, 0.3) is 5.56 Å². The Balaban J connectivity index is 3.12. The second kappa shape index (κ2) is 2.32. The highest BCUT2D eigenvalue weighted by molar-refractivity contribution is 5.66. The van der Waals surface area contributed by atoms with Crippen molar-refractivity contribution in [1.82, 2.24) is 14.5 Å². The minimum Gasteiger partial charge on any atom is -0.400 e. The molecule has 2 aromatic rings. The van der Waals surface area contributed by atoms with Gasteiger partial charge in [0.1, 0.15) is 5.82 Å². The Morgan fingerprint density at radius 3 is 2.85 bits per heavy atom. The van der Waals surface area contributed by atoms with Crippen molar-refractivity contribution in [2.75, 3.05) is 0 Å². The molecule has 0 amide bonds. The summed E-state index contributed by atoms with van der Waals surface area (Å²) in [5.41, 5.74) is -0.190. The van der Waals surface area contributed by atoms with Gasteiger partial charge in [-0.25, -0.2) is 9.78 Å². The summed E-state index contributed by atoms with van der Waals surface area (Å²) in [6.07, 6.45) is 0. The van der Waals surface area contributed by atoms with Crippen LogP contribution in [0.3, 0.4) is 0 Å². The number of fused-ring (bicyclic) bond motifs is 1. The first kappa shape index (κ1) is 7.78. The first-order valence-corrected chi connectivity index (χ1v) is 3.66. The van der Waals surface area contributed by atoms with Gasteiger partial charge in [-0.3, -0.25) is 9.36 Å². The van der Waals surface area contributed by atoms with Crippen LogP contribution in [0.1, 0.15) is 5.82 Å². The maximum Gasteiger partial charge on any atom is 0.421 e. The third-order valence-electron chi connectivity index (χ3n) is 1.76. The van der Waals surface area contributed by atoms with Crippen molar-refractivity contribution in [3.63, 3.8) is 0 Å². The molecule has 2 aromatic heterocycles. The monoisotopic (exact) mass is 181 g/mol. The SMILES string of the molecule is Cc1nc2c(oc(=O)n2C)c(=O)[nH]1. The topological polar surface area (TPSA) is 80.9 Å². The Bertz CT molecular complexity index is 575. The van der Waals surface area contributed by atoms with Crippen LogP contribution in [-0.4, -0.2) is 14.5 Å². The quantitative estimate of drug-likeness (QED) is 0.595. The van der Waals surface area contributed by atoms with Gasteiger partial charge in [-0.2, -0.15) is 0 Å². The molecule has 0 fully saturated rings. The standard InChI is InChI=1S/C7H7N3O3/c1-3-8-5-4(6(11)9-3)13-7(12)10(5)2/h1-2H3,(H,8,9,11). The summed E-state index contributed by atoms with van der Waals surface area (Å²) in [7, 11) is 1.50. The van der Waals surface area contributed by atoms with Crippen LogP contribution in [-0.2, 0) is 7.05 Å². The number of hydrogen-bond acceptors (Lipinski definition) is 4. The van der Waals surface area contributed by atoms with Gasteiger partial charge < -0.3 is 9.40 Å². The average molecular weight is 181 g/mol. The van der Waals surface area contributed by atoms with E-state index in [0.29, 0.717) is 5.82 Å². The lowest BCUT2D eigenvalue weighted by Crippen LogP contribution is -2.11. The maximum absolute atomic E-state index is 11.2. The van der Waals surface area contributed by atoms with E-state index in [-0.39, 0.29) is 11.2 Å². The van der Waals surface area contributed by atoms with Gasteiger partial charge in [-0.05, 0) is 6.92 Å². The molecule has 0 bridgehead atoms. The Morgan fingerprint density at radius 1 is 1.46 bits per heavy atom. The Kier molecular flexibility index (Phi) is 1.39. The van der Waals surface area contributed by atoms with E-state index in [2.05, 4.69) is 14.4 Å². The van der Waals surface area contributed by atoms with Gasteiger partial charge >= 0.3 is 5.76 Å². The van der Waals surface area contributed by atoms with Crippen LogP contribution >= 0.6 is 0 Å². The van der Waals surface area contributed by atoms with E-state index in [9.17, 15) is 9.59 Å². The van der Waals surface area contributed by atoms with Crippen LogP contribution in [0, 0.1) is 6.92 Å². The van der Waals surface area contributed by atoms with Crippen molar-refractivity contribution in [3.8, 4) is 0 Å². The van der Waals surface area contributed by atoms with Crippen molar-refractivity contribution < 1.29 is 4.42 Å². The molecular weight excluding hydrogens is 174 g/mol. The van der Waals surface area contributed by atoms with Crippen molar-refractivity contribution in [3.05, 3.63) is 26.7 Å². The third-order valence-corrected chi connectivity index (χ3v) is 1.76. The zero-order valence-corrected chi connectivity index (χ0v) is 7.12. The fourth-order valence-corrected chi connectivity index (χ4v) is 1.12. The molecule has 68 valence electrons. The van der Waals surface area contributed by atoms with Crippen LogP contribution in [0.5, 0.6) is 0 Å². The number of nitrogens with zero attached hydrogens (tertiary/aromatic N) is 2. The van der Waals surface area contributed by atoms with Gasteiger partial charge in [0, 0.05) is 7.05 Å². The van der Waals surface area contributed by atoms with Gasteiger partial charge in [0.15, 0.2) is 5.65 Å². The molecule has 13 heavy (non-hydrogen) atoms. The second-order valence-corrected chi connectivity index (χ2v) is 2.73. The normalized spacial score (nSPS) is 10.9. The summed E-state index contributed by atoms with van der Waals surface area (Å²) in [6.45, 7) is 1.64. The Hall–Kier alpha value is -1.85. The molecule has 6 heteroatoms. The highest BCUT2D eigenvalue weighted by atomic mass is 16.4. The summed E-state index contributed by atoms with van der Waals surface area (Å²) >= 11 is 0. The zero-order valence-electron chi connectivity index (χ0n) is 7.12. The van der Waals surface area contributed by atoms with Crippen LogP contribution in [0.4, 0.5) is 0 Å². The predicted octanol–water partition coefficient (Wildman–Crippen LogP) is -0.477. The van der Waals surface area contributed by atoms with E-state index in [4.69, 9.17) is 0 Å². The van der Waals surface area contributed by atoms with Crippen molar-refractivity contribution in [2.24, 2.45) is 7.05 Å². The molecule has 0 aliphatic rings. The number of aryl methyl sites for hydroxylation is 2. The Labute approximate surface area is 71.8 Å². The number of hydrogen-bond donors (Lipinski definition) is 1. The lowest BCUT2D eigenvalue weighted by molar-refractivity contribution is 0.525. The number of nitrogens with one attached hydrogen (secondary N) is 1. The fraction of sp³-hybridized carbons (Fsp3) is 0.286. The fourth-order valence-electron chi connectivity index (χ4n) is 1.12. The molecule has 2 rings (SSSR count). The largest absolute Gasteiger partial charge is 0.421 e. The van der Waals surface area contributed by atoms with E-state index < -0.39 is 11.3 Å². The van der Waals surface area contributed by atoms with Gasteiger partial charge in [0.2, 0.25) is 5.58 Å². The number of rotatable bonds is 0. The minimum absolute atomic E-state index is 0.0295. The molecule has 0 aliphatic heterocycles. The number of aromatic amines is 1. The molecule has 0 aromatic carbocycles. The molecule has 0 unspecified atom stereocenters. The molecule has 0 saturated heterocycles. The second-order valence-electron chi connectivity index (χ2n) is 2.73. The minimum atomic E-state index is -0.585. The number of H-pyrrole nitrogens is 1. The highest BCUT2D eigenvalue weighted by Gasteiger charge is 2.10. The van der Waals surface area contributed by atoms with Gasteiger partial charge in [0.05, 0.1) is 0 Å². The molecule has 1 N–H and O–H groups in total. The molecule has 0 radical (unpaired) electrons. The van der Waals surface area contributed by atoms with E-state index in [0.717, 1.165) is 0 Å². The van der Waals surface area contributed by atoms with E-state index >= 15 is 0 Å². The lowest BCUT2D eigenvalue weighted by Gasteiger charge is -1.91. The number of oxazole rings is 1. The first-order valence-electron chi connectivity index (χ1n) is 3.66. The molecule has 6 nitrogen and oxygen atoms in total. The molecule has 0 atom stereocenters. The zero-order chi connectivity index (χ0) is 9.59. The lowest BCUT2D eigenvalue weighted by atomic mass is 10.5. The van der Waals surface area contributed by atoms with Crippen LogP contribution in [0.15, 0.2) is 14.0 Å². The van der Waals surface area contributed by atoms with E-state index in [1.54, 1.807) is 6.92 Å². The van der Waals surface area contributed by atoms with Crippen molar-refractivity contribution in [1.29, 1.82) is 0 Å².